The second-order valence-corrected chi connectivity index (χ2v) is 2.46. The zero-order valence-electron chi connectivity index (χ0n) is 6.78. The topological polar surface area (TPSA) is 41.4 Å². The average molecular weight is 162 g/mol. The summed E-state index contributed by atoms with van der Waals surface area (Å²) in [6.07, 6.45) is 5.49. The lowest BCUT2D eigenvalue weighted by atomic mass is 10.5. The fourth-order valence-corrected chi connectivity index (χ4v) is 1.19. The second kappa shape index (κ2) is 2.83. The predicted molar refractivity (Wildman–Crippen MR) is 47.9 cm³/mol. The first-order valence-electron chi connectivity index (χ1n) is 3.75. The maximum atomic E-state index is 4.02. The third kappa shape index (κ3) is 1.02. The van der Waals surface area contributed by atoms with Crippen LogP contribution in [0, 0.1) is 0 Å². The SMILES string of the molecule is CNNc1ccc2cnccn12. The fraction of sp³-hybridized carbons (Fsp3) is 0.125. The molecule has 2 N–H and O–H groups in total. The van der Waals surface area contributed by atoms with Crippen molar-refractivity contribution in [1.29, 1.82) is 0 Å². The lowest BCUT2D eigenvalue weighted by Crippen LogP contribution is -2.16. The van der Waals surface area contributed by atoms with Crippen molar-refractivity contribution in [1.82, 2.24) is 14.8 Å². The molecule has 0 aromatic carbocycles. The third-order valence-electron chi connectivity index (χ3n) is 1.71. The first-order chi connectivity index (χ1) is 5.92. The van der Waals surface area contributed by atoms with Crippen molar-refractivity contribution in [3.8, 4) is 0 Å². The minimum atomic E-state index is 1.01. The standard InChI is InChI=1S/C8H10N4/c1-9-11-8-3-2-7-6-10-4-5-12(7)8/h2-6,9,11H,1H3. The molecule has 2 aromatic rings. The highest BCUT2D eigenvalue weighted by Crippen LogP contribution is 2.11. The van der Waals surface area contributed by atoms with Gasteiger partial charge in [0.2, 0.25) is 0 Å². The zero-order chi connectivity index (χ0) is 8.39. The van der Waals surface area contributed by atoms with Crippen LogP contribution in [0.2, 0.25) is 0 Å². The molecule has 2 rings (SSSR count). The number of hydrogen-bond donors (Lipinski definition) is 2. The van der Waals surface area contributed by atoms with Gasteiger partial charge in [-0.15, -0.1) is 0 Å². The van der Waals surface area contributed by atoms with Gasteiger partial charge in [-0.1, -0.05) is 0 Å². The predicted octanol–water partition coefficient (Wildman–Crippen LogP) is 0.881. The summed E-state index contributed by atoms with van der Waals surface area (Å²) in [5, 5.41) is 0. The molecule has 0 unspecified atom stereocenters. The van der Waals surface area contributed by atoms with Crippen LogP contribution in [0.3, 0.4) is 0 Å². The van der Waals surface area contributed by atoms with Crippen molar-refractivity contribution in [2.75, 3.05) is 12.5 Å². The van der Waals surface area contributed by atoms with Crippen LogP contribution in [0.25, 0.3) is 5.52 Å². The third-order valence-corrected chi connectivity index (χ3v) is 1.71. The summed E-state index contributed by atoms with van der Waals surface area (Å²) in [6, 6.07) is 4.00. The number of fused-ring (bicyclic) bond motifs is 1. The van der Waals surface area contributed by atoms with Crippen LogP contribution in [0.5, 0.6) is 0 Å². The van der Waals surface area contributed by atoms with Crippen LogP contribution in [0.15, 0.2) is 30.7 Å². The molecule has 0 amide bonds. The van der Waals surface area contributed by atoms with E-state index in [1.165, 1.54) is 0 Å². The lowest BCUT2D eigenvalue weighted by Gasteiger charge is -2.03. The van der Waals surface area contributed by atoms with Crippen LogP contribution in [-0.4, -0.2) is 16.4 Å². The number of hydrazine groups is 1. The Morgan fingerprint density at radius 3 is 3.17 bits per heavy atom. The van der Waals surface area contributed by atoms with Crippen LogP contribution >= 0.6 is 0 Å². The van der Waals surface area contributed by atoms with Gasteiger partial charge < -0.3 is 5.43 Å². The number of anilines is 1. The number of nitrogens with zero attached hydrogens (tertiary/aromatic N) is 2. The van der Waals surface area contributed by atoms with Crippen molar-refractivity contribution in [2.24, 2.45) is 0 Å². The smallest absolute Gasteiger partial charge is 0.125 e. The van der Waals surface area contributed by atoms with Crippen LogP contribution in [0.1, 0.15) is 0 Å². The van der Waals surface area contributed by atoms with Gasteiger partial charge in [-0.3, -0.25) is 9.38 Å². The van der Waals surface area contributed by atoms with E-state index in [1.807, 2.05) is 36.0 Å². The van der Waals surface area contributed by atoms with Gasteiger partial charge >= 0.3 is 0 Å². The number of nitrogens with one attached hydrogen (secondary N) is 2. The minimum absolute atomic E-state index is 1.01. The van der Waals surface area contributed by atoms with E-state index in [0.717, 1.165) is 11.3 Å². The van der Waals surface area contributed by atoms with Gasteiger partial charge in [0.05, 0.1) is 11.7 Å². The maximum absolute atomic E-state index is 4.02. The Kier molecular flexibility index (Phi) is 1.68. The molecular weight excluding hydrogens is 152 g/mol. The Morgan fingerprint density at radius 2 is 2.33 bits per heavy atom. The van der Waals surface area contributed by atoms with Gasteiger partial charge in [0.1, 0.15) is 5.82 Å². The van der Waals surface area contributed by atoms with Gasteiger partial charge in [0.15, 0.2) is 0 Å². The second-order valence-electron chi connectivity index (χ2n) is 2.46. The molecule has 0 bridgehead atoms. The Morgan fingerprint density at radius 1 is 1.42 bits per heavy atom. The highest BCUT2D eigenvalue weighted by atomic mass is 15.4. The molecule has 2 aromatic heterocycles. The van der Waals surface area contributed by atoms with E-state index >= 15 is 0 Å². The summed E-state index contributed by atoms with van der Waals surface area (Å²) in [5.74, 6) is 1.01. The summed E-state index contributed by atoms with van der Waals surface area (Å²) in [4.78, 5) is 4.02. The largest absolute Gasteiger partial charge is 0.307 e. The molecule has 0 aliphatic carbocycles. The fourth-order valence-electron chi connectivity index (χ4n) is 1.19. The Bertz CT molecular complexity index is 379. The van der Waals surface area contributed by atoms with Crippen LogP contribution in [-0.2, 0) is 0 Å². The Balaban J connectivity index is 2.55. The van der Waals surface area contributed by atoms with Crippen molar-refractivity contribution in [3.63, 3.8) is 0 Å². The van der Waals surface area contributed by atoms with Crippen LogP contribution < -0.4 is 10.9 Å². The molecule has 0 atom stereocenters. The molecule has 62 valence electrons. The van der Waals surface area contributed by atoms with E-state index in [2.05, 4.69) is 15.8 Å². The number of aromatic nitrogens is 2. The van der Waals surface area contributed by atoms with Gasteiger partial charge in [-0.05, 0) is 12.1 Å². The molecule has 0 saturated heterocycles. The van der Waals surface area contributed by atoms with Crippen LogP contribution in [0.4, 0.5) is 5.82 Å². The van der Waals surface area contributed by atoms with E-state index in [9.17, 15) is 0 Å². The van der Waals surface area contributed by atoms with Gasteiger partial charge in [0, 0.05) is 19.4 Å². The highest BCUT2D eigenvalue weighted by Gasteiger charge is 1.97. The quantitative estimate of drug-likeness (QED) is 0.644. The minimum Gasteiger partial charge on any atom is -0.307 e. The van der Waals surface area contributed by atoms with Gasteiger partial charge in [-0.2, -0.15) is 0 Å². The van der Waals surface area contributed by atoms with E-state index in [1.54, 1.807) is 6.20 Å². The monoisotopic (exact) mass is 162 g/mol. The first-order valence-corrected chi connectivity index (χ1v) is 3.75. The number of hydrogen-bond acceptors (Lipinski definition) is 3. The normalized spacial score (nSPS) is 10.4. The lowest BCUT2D eigenvalue weighted by molar-refractivity contribution is 0.953. The average Bonchev–Trinajstić information content (AvgIpc) is 2.50. The molecule has 0 spiro atoms. The van der Waals surface area contributed by atoms with Crippen molar-refractivity contribution in [2.45, 2.75) is 0 Å². The maximum Gasteiger partial charge on any atom is 0.125 e. The first kappa shape index (κ1) is 7.12. The summed E-state index contributed by atoms with van der Waals surface area (Å²) < 4.78 is 2.02. The Hall–Kier alpha value is -1.55. The van der Waals surface area contributed by atoms with E-state index < -0.39 is 0 Å². The molecular formula is C8H10N4. The van der Waals surface area contributed by atoms with E-state index in [4.69, 9.17) is 0 Å². The molecule has 0 saturated carbocycles. The number of rotatable bonds is 2. The molecule has 0 radical (unpaired) electrons. The molecule has 0 fully saturated rings. The Labute approximate surface area is 70.2 Å². The molecule has 0 aliphatic rings. The van der Waals surface area contributed by atoms with Crippen molar-refractivity contribution < 1.29 is 0 Å². The summed E-state index contributed by atoms with van der Waals surface area (Å²) in [6.45, 7) is 0. The van der Waals surface area contributed by atoms with E-state index in [-0.39, 0.29) is 0 Å². The highest BCUT2D eigenvalue weighted by molar-refractivity contribution is 5.55. The summed E-state index contributed by atoms with van der Waals surface area (Å²) >= 11 is 0. The summed E-state index contributed by atoms with van der Waals surface area (Å²) in [5.41, 5.74) is 6.97. The molecule has 12 heavy (non-hydrogen) atoms. The van der Waals surface area contributed by atoms with Gasteiger partial charge in [-0.25, -0.2) is 5.43 Å². The van der Waals surface area contributed by atoms with Gasteiger partial charge in [0.25, 0.3) is 0 Å². The summed E-state index contributed by atoms with van der Waals surface area (Å²) in [7, 11) is 1.83. The molecule has 4 heteroatoms. The van der Waals surface area contributed by atoms with Crippen molar-refractivity contribution >= 4 is 11.3 Å². The van der Waals surface area contributed by atoms with E-state index in [0.29, 0.717) is 0 Å². The molecule has 2 heterocycles. The molecule has 4 nitrogen and oxygen atoms in total. The zero-order valence-corrected chi connectivity index (χ0v) is 6.78. The van der Waals surface area contributed by atoms with Crippen molar-refractivity contribution in [3.05, 3.63) is 30.7 Å². The molecule has 0 aliphatic heterocycles.